The van der Waals surface area contributed by atoms with Crippen LogP contribution in [0.3, 0.4) is 0 Å². The van der Waals surface area contributed by atoms with Crippen molar-refractivity contribution in [2.45, 2.75) is 26.3 Å². The van der Waals surface area contributed by atoms with E-state index in [9.17, 15) is 9.59 Å². The molecule has 6 nitrogen and oxygen atoms in total. The number of carbonyl (C=O) groups excluding carboxylic acids is 2. The molecule has 0 fully saturated rings. The number of aromatic nitrogens is 1. The van der Waals surface area contributed by atoms with Gasteiger partial charge in [0.2, 0.25) is 5.88 Å². The van der Waals surface area contributed by atoms with E-state index in [4.69, 9.17) is 9.47 Å². The summed E-state index contributed by atoms with van der Waals surface area (Å²) in [6.07, 6.45) is 0.489. The maximum absolute atomic E-state index is 12.5. The van der Waals surface area contributed by atoms with E-state index in [1.807, 2.05) is 38.1 Å². The van der Waals surface area contributed by atoms with Crippen molar-refractivity contribution in [1.82, 2.24) is 10.3 Å². The minimum absolute atomic E-state index is 0.197. The molecule has 1 atom stereocenters. The Hall–Kier alpha value is -2.63. The molecule has 0 saturated heterocycles. The molecule has 128 valence electrons. The summed E-state index contributed by atoms with van der Waals surface area (Å²) in [6.45, 7) is 3.94. The number of amides is 1. The van der Waals surface area contributed by atoms with Crippen LogP contribution in [0.15, 0.2) is 30.3 Å². The van der Waals surface area contributed by atoms with Crippen LogP contribution in [0.2, 0.25) is 0 Å². The van der Waals surface area contributed by atoms with Crippen LogP contribution in [0.4, 0.5) is 0 Å². The number of benzene rings is 1. The molecule has 6 heteroatoms. The van der Waals surface area contributed by atoms with Crippen molar-refractivity contribution in [3.63, 3.8) is 0 Å². The number of methoxy groups -OCH3 is 2. The number of nitrogens with zero attached hydrogens (tertiary/aromatic N) is 1. The quantitative estimate of drug-likeness (QED) is 0.824. The summed E-state index contributed by atoms with van der Waals surface area (Å²) in [7, 11) is 2.81. The molecule has 0 aliphatic heterocycles. The first-order valence-corrected chi connectivity index (χ1v) is 7.78. The third kappa shape index (κ3) is 4.01. The fraction of sp³-hybridized carbons (Fsp3) is 0.389. The molecule has 1 aromatic heterocycles. The van der Waals surface area contributed by atoms with Gasteiger partial charge in [-0.1, -0.05) is 32.0 Å². The van der Waals surface area contributed by atoms with Gasteiger partial charge in [0.1, 0.15) is 11.7 Å². The number of fused-ring (bicyclic) bond motifs is 1. The van der Waals surface area contributed by atoms with Crippen molar-refractivity contribution >= 4 is 22.6 Å². The Morgan fingerprint density at radius 2 is 1.92 bits per heavy atom. The number of hydrogen-bond acceptors (Lipinski definition) is 5. The lowest BCUT2D eigenvalue weighted by molar-refractivity contribution is -0.143. The third-order valence-electron chi connectivity index (χ3n) is 3.63. The van der Waals surface area contributed by atoms with Crippen molar-refractivity contribution < 1.29 is 19.1 Å². The summed E-state index contributed by atoms with van der Waals surface area (Å²) in [5.74, 6) is -0.301. The zero-order chi connectivity index (χ0) is 17.7. The lowest BCUT2D eigenvalue weighted by Crippen LogP contribution is -2.42. The van der Waals surface area contributed by atoms with E-state index < -0.39 is 17.9 Å². The molecule has 2 aromatic rings. The maximum atomic E-state index is 12.5. The Labute approximate surface area is 141 Å². The number of esters is 1. The molecule has 0 unspecified atom stereocenters. The normalized spacial score (nSPS) is 12.0. The Balaban J connectivity index is 2.31. The minimum atomic E-state index is -0.707. The highest BCUT2D eigenvalue weighted by atomic mass is 16.5. The SMILES string of the molecule is COC(=O)[C@H](CC(C)C)NC(=O)c1cc2ccccc2c(OC)n1. The van der Waals surface area contributed by atoms with Crippen LogP contribution < -0.4 is 10.1 Å². The molecule has 0 spiro atoms. The van der Waals surface area contributed by atoms with Gasteiger partial charge in [0.05, 0.1) is 14.2 Å². The molecule has 0 radical (unpaired) electrons. The van der Waals surface area contributed by atoms with Gasteiger partial charge in [-0.2, -0.15) is 0 Å². The third-order valence-corrected chi connectivity index (χ3v) is 3.63. The standard InChI is InChI=1S/C18H22N2O4/c1-11(2)9-15(18(22)24-4)19-16(21)14-10-12-7-5-6-8-13(12)17(20-14)23-3/h5-8,10-11,15H,9H2,1-4H3,(H,19,21)/t15-/m0/s1. The smallest absolute Gasteiger partial charge is 0.328 e. The largest absolute Gasteiger partial charge is 0.481 e. The zero-order valence-corrected chi connectivity index (χ0v) is 14.3. The van der Waals surface area contributed by atoms with Crippen LogP contribution >= 0.6 is 0 Å². The molecule has 0 saturated carbocycles. The fourth-order valence-corrected chi connectivity index (χ4v) is 2.50. The zero-order valence-electron chi connectivity index (χ0n) is 14.3. The van der Waals surface area contributed by atoms with E-state index in [2.05, 4.69) is 10.3 Å². The number of pyridine rings is 1. The lowest BCUT2D eigenvalue weighted by Gasteiger charge is -2.18. The van der Waals surface area contributed by atoms with Crippen molar-refractivity contribution in [2.75, 3.05) is 14.2 Å². The molecule has 1 heterocycles. The van der Waals surface area contributed by atoms with E-state index in [1.54, 1.807) is 6.07 Å². The summed E-state index contributed by atoms with van der Waals surface area (Å²) >= 11 is 0. The van der Waals surface area contributed by atoms with Crippen LogP contribution in [0, 0.1) is 5.92 Å². The predicted molar refractivity (Wildman–Crippen MR) is 91.0 cm³/mol. The van der Waals surface area contributed by atoms with Crippen LogP contribution in [0.25, 0.3) is 10.8 Å². The van der Waals surface area contributed by atoms with Gasteiger partial charge in [-0.15, -0.1) is 0 Å². The first-order chi connectivity index (χ1) is 11.5. The number of carbonyl (C=O) groups is 2. The van der Waals surface area contributed by atoms with Crippen LogP contribution in [0.5, 0.6) is 5.88 Å². The van der Waals surface area contributed by atoms with E-state index in [1.165, 1.54) is 14.2 Å². The monoisotopic (exact) mass is 330 g/mol. The van der Waals surface area contributed by atoms with Crippen molar-refractivity contribution in [3.05, 3.63) is 36.0 Å². The predicted octanol–water partition coefficient (Wildman–Crippen LogP) is 2.56. The van der Waals surface area contributed by atoms with Gasteiger partial charge < -0.3 is 14.8 Å². The molecule has 0 aliphatic rings. The average Bonchev–Trinajstić information content (AvgIpc) is 2.58. The molecule has 1 N–H and O–H groups in total. The van der Waals surface area contributed by atoms with Gasteiger partial charge in [0.15, 0.2) is 0 Å². The van der Waals surface area contributed by atoms with Crippen molar-refractivity contribution in [3.8, 4) is 5.88 Å². The molecular formula is C18H22N2O4. The highest BCUT2D eigenvalue weighted by Crippen LogP contribution is 2.24. The molecule has 1 amide bonds. The Kier molecular flexibility index (Phi) is 5.73. The number of rotatable bonds is 6. The molecular weight excluding hydrogens is 308 g/mol. The lowest BCUT2D eigenvalue weighted by atomic mass is 10.0. The fourth-order valence-electron chi connectivity index (χ4n) is 2.50. The first kappa shape index (κ1) is 17.7. The van der Waals surface area contributed by atoms with Gasteiger partial charge in [-0.05, 0) is 29.9 Å². The first-order valence-electron chi connectivity index (χ1n) is 7.78. The number of ether oxygens (including phenoxy) is 2. The molecule has 0 bridgehead atoms. The Bertz CT molecular complexity index is 743. The van der Waals surface area contributed by atoms with Gasteiger partial charge >= 0.3 is 5.97 Å². The van der Waals surface area contributed by atoms with Crippen LogP contribution in [0.1, 0.15) is 30.8 Å². The summed E-state index contributed by atoms with van der Waals surface area (Å²) in [4.78, 5) is 28.6. The van der Waals surface area contributed by atoms with Gasteiger partial charge in [0, 0.05) is 5.39 Å². The topological polar surface area (TPSA) is 77.5 Å². The van der Waals surface area contributed by atoms with E-state index >= 15 is 0 Å². The van der Waals surface area contributed by atoms with Crippen LogP contribution in [-0.4, -0.2) is 37.1 Å². The maximum Gasteiger partial charge on any atom is 0.328 e. The van der Waals surface area contributed by atoms with Gasteiger partial charge in [-0.25, -0.2) is 9.78 Å². The van der Waals surface area contributed by atoms with Crippen molar-refractivity contribution in [1.29, 1.82) is 0 Å². The van der Waals surface area contributed by atoms with E-state index in [0.717, 1.165) is 10.8 Å². The minimum Gasteiger partial charge on any atom is -0.481 e. The summed E-state index contributed by atoms with van der Waals surface area (Å²) in [5.41, 5.74) is 0.197. The second kappa shape index (κ2) is 7.77. The van der Waals surface area contributed by atoms with Crippen LogP contribution in [-0.2, 0) is 9.53 Å². The van der Waals surface area contributed by atoms with Gasteiger partial charge in [-0.3, -0.25) is 4.79 Å². The second-order valence-corrected chi connectivity index (χ2v) is 5.92. The van der Waals surface area contributed by atoms with Gasteiger partial charge in [0.25, 0.3) is 5.91 Å². The van der Waals surface area contributed by atoms with E-state index in [-0.39, 0.29) is 11.6 Å². The molecule has 24 heavy (non-hydrogen) atoms. The highest BCUT2D eigenvalue weighted by molar-refractivity contribution is 5.99. The number of nitrogens with one attached hydrogen (secondary N) is 1. The van der Waals surface area contributed by atoms with Crippen molar-refractivity contribution in [2.24, 2.45) is 5.92 Å². The summed E-state index contributed by atoms with van der Waals surface area (Å²) in [6, 6.07) is 8.47. The number of hydrogen-bond donors (Lipinski definition) is 1. The molecule has 1 aromatic carbocycles. The van der Waals surface area contributed by atoms with E-state index in [0.29, 0.717) is 12.3 Å². The Morgan fingerprint density at radius 1 is 1.21 bits per heavy atom. The Morgan fingerprint density at radius 3 is 2.54 bits per heavy atom. The molecule has 2 rings (SSSR count). The molecule has 0 aliphatic carbocycles. The second-order valence-electron chi connectivity index (χ2n) is 5.92. The summed E-state index contributed by atoms with van der Waals surface area (Å²) < 4.78 is 10.0. The average molecular weight is 330 g/mol. The summed E-state index contributed by atoms with van der Waals surface area (Å²) in [5, 5.41) is 4.36. The highest BCUT2D eigenvalue weighted by Gasteiger charge is 2.24.